The summed E-state index contributed by atoms with van der Waals surface area (Å²) in [4.78, 5) is 13.8. The number of ether oxygens (including phenoxy) is 1. The molecule has 6 nitrogen and oxygen atoms in total. The zero-order chi connectivity index (χ0) is 18.2. The first-order valence-electron chi connectivity index (χ1n) is 8.39. The molecule has 0 spiro atoms. The van der Waals surface area contributed by atoms with E-state index < -0.39 is 11.4 Å². The summed E-state index contributed by atoms with van der Waals surface area (Å²) in [6, 6.07) is 2.86. The molecule has 0 atom stereocenters. The van der Waals surface area contributed by atoms with Gasteiger partial charge in [-0.2, -0.15) is 0 Å². The maximum absolute atomic E-state index is 13.7. The Morgan fingerprint density at radius 3 is 2.68 bits per heavy atom. The summed E-state index contributed by atoms with van der Waals surface area (Å²) in [7, 11) is 0. The second kappa shape index (κ2) is 6.78. The van der Waals surface area contributed by atoms with Gasteiger partial charge < -0.3 is 9.64 Å². The zero-order valence-corrected chi connectivity index (χ0v) is 15.4. The van der Waals surface area contributed by atoms with Crippen LogP contribution in [0.3, 0.4) is 0 Å². The highest BCUT2D eigenvalue weighted by Gasteiger charge is 2.27. The molecule has 1 fully saturated rings. The molecular weight excluding hydrogens is 347 g/mol. The largest absolute Gasteiger partial charge is 0.444 e. The number of likely N-dealkylation sites (tertiary alicyclic amines) is 1. The van der Waals surface area contributed by atoms with E-state index in [1.165, 1.54) is 12.1 Å². The lowest BCUT2D eigenvalue weighted by Crippen LogP contribution is -2.42. The standard InChI is InChI=1S/C17H22ClFN4O2/c1-17(2,3)25-16(24)22-6-4-11(5-7-22)10-23-15-9-13(19)12(18)8-14(15)20-21-23/h8-9,11H,4-7,10H2,1-3H3. The van der Waals surface area contributed by atoms with Gasteiger partial charge in [0.05, 0.1) is 10.5 Å². The van der Waals surface area contributed by atoms with Crippen LogP contribution in [0, 0.1) is 11.7 Å². The monoisotopic (exact) mass is 368 g/mol. The minimum atomic E-state index is -0.487. The average molecular weight is 369 g/mol. The van der Waals surface area contributed by atoms with Gasteiger partial charge in [0.1, 0.15) is 16.9 Å². The van der Waals surface area contributed by atoms with Crippen LogP contribution in [0.2, 0.25) is 5.02 Å². The quantitative estimate of drug-likeness (QED) is 0.807. The fourth-order valence-electron chi connectivity index (χ4n) is 2.97. The minimum Gasteiger partial charge on any atom is -0.444 e. The number of fused-ring (bicyclic) bond motifs is 1. The van der Waals surface area contributed by atoms with Gasteiger partial charge in [-0.25, -0.2) is 13.9 Å². The normalized spacial score (nSPS) is 16.4. The lowest BCUT2D eigenvalue weighted by molar-refractivity contribution is 0.0177. The van der Waals surface area contributed by atoms with Gasteiger partial charge in [0, 0.05) is 25.7 Å². The van der Waals surface area contributed by atoms with Crippen molar-refractivity contribution in [3.8, 4) is 0 Å². The summed E-state index contributed by atoms with van der Waals surface area (Å²) in [5.41, 5.74) is 0.730. The van der Waals surface area contributed by atoms with E-state index in [-0.39, 0.29) is 11.1 Å². The Kier molecular flexibility index (Phi) is 4.86. The highest BCUT2D eigenvalue weighted by atomic mass is 35.5. The second-order valence-corrected chi connectivity index (χ2v) is 7.84. The van der Waals surface area contributed by atoms with Crippen LogP contribution < -0.4 is 0 Å². The van der Waals surface area contributed by atoms with Crippen molar-refractivity contribution in [2.45, 2.75) is 45.8 Å². The Bertz CT molecular complexity index is 779. The number of aromatic nitrogens is 3. The summed E-state index contributed by atoms with van der Waals surface area (Å²) < 4.78 is 20.8. The van der Waals surface area contributed by atoms with Crippen molar-refractivity contribution >= 4 is 28.7 Å². The molecule has 1 aromatic heterocycles. The summed E-state index contributed by atoms with van der Waals surface area (Å²) in [5, 5.41) is 8.20. The molecule has 0 N–H and O–H groups in total. The van der Waals surface area contributed by atoms with Crippen LogP contribution in [0.25, 0.3) is 11.0 Å². The number of rotatable bonds is 2. The van der Waals surface area contributed by atoms with Crippen LogP contribution in [0.5, 0.6) is 0 Å². The summed E-state index contributed by atoms with van der Waals surface area (Å²) in [5.74, 6) is -0.125. The van der Waals surface area contributed by atoms with Crippen LogP contribution >= 0.6 is 11.6 Å². The zero-order valence-electron chi connectivity index (χ0n) is 14.6. The molecule has 0 saturated carbocycles. The van der Waals surface area contributed by atoms with Gasteiger partial charge in [0.25, 0.3) is 0 Å². The average Bonchev–Trinajstić information content (AvgIpc) is 2.89. The molecule has 2 heterocycles. The maximum atomic E-state index is 13.7. The molecule has 3 rings (SSSR count). The smallest absolute Gasteiger partial charge is 0.410 e. The van der Waals surface area contributed by atoms with Crippen molar-refractivity contribution in [2.75, 3.05) is 13.1 Å². The van der Waals surface area contributed by atoms with E-state index in [0.29, 0.717) is 36.6 Å². The molecule has 1 aliphatic rings. The van der Waals surface area contributed by atoms with Crippen molar-refractivity contribution in [2.24, 2.45) is 5.92 Å². The van der Waals surface area contributed by atoms with Crippen LogP contribution in [0.15, 0.2) is 12.1 Å². The molecular formula is C17H22ClFN4O2. The third kappa shape index (κ3) is 4.21. The van der Waals surface area contributed by atoms with E-state index in [2.05, 4.69) is 10.3 Å². The van der Waals surface area contributed by atoms with E-state index >= 15 is 0 Å². The Hall–Kier alpha value is -1.89. The van der Waals surface area contributed by atoms with E-state index in [1.807, 2.05) is 20.8 Å². The van der Waals surface area contributed by atoms with E-state index in [1.54, 1.807) is 9.58 Å². The predicted octanol–water partition coefficient (Wildman–Crippen LogP) is 3.87. The summed E-state index contributed by atoms with van der Waals surface area (Å²) in [6.07, 6.45) is 1.42. The van der Waals surface area contributed by atoms with Gasteiger partial charge in [0.15, 0.2) is 0 Å². The van der Waals surface area contributed by atoms with Crippen molar-refractivity contribution in [3.63, 3.8) is 0 Å². The van der Waals surface area contributed by atoms with Gasteiger partial charge in [-0.15, -0.1) is 5.10 Å². The van der Waals surface area contributed by atoms with Crippen LogP contribution in [0.4, 0.5) is 9.18 Å². The number of amides is 1. The number of piperidine rings is 1. The molecule has 1 aliphatic heterocycles. The van der Waals surface area contributed by atoms with E-state index in [9.17, 15) is 9.18 Å². The molecule has 136 valence electrons. The Labute approximate surface area is 150 Å². The number of nitrogens with zero attached hydrogens (tertiary/aromatic N) is 4. The minimum absolute atomic E-state index is 0.0465. The van der Waals surface area contributed by atoms with Gasteiger partial charge in [0.2, 0.25) is 0 Å². The SMILES string of the molecule is CC(C)(C)OC(=O)N1CCC(Cn2nnc3cc(Cl)c(F)cc32)CC1. The number of carbonyl (C=O) groups is 1. The Morgan fingerprint density at radius 1 is 1.36 bits per heavy atom. The number of halogens is 2. The van der Waals surface area contributed by atoms with Gasteiger partial charge in [-0.3, -0.25) is 0 Å². The highest BCUT2D eigenvalue weighted by molar-refractivity contribution is 6.31. The molecule has 0 bridgehead atoms. The molecule has 1 saturated heterocycles. The second-order valence-electron chi connectivity index (χ2n) is 7.44. The summed E-state index contributed by atoms with van der Waals surface area (Å²) in [6.45, 7) is 7.51. The highest BCUT2D eigenvalue weighted by Crippen LogP contribution is 2.25. The summed E-state index contributed by atoms with van der Waals surface area (Å²) >= 11 is 5.78. The maximum Gasteiger partial charge on any atom is 0.410 e. The van der Waals surface area contributed by atoms with Gasteiger partial charge in [-0.1, -0.05) is 16.8 Å². The molecule has 1 aromatic carbocycles. The van der Waals surface area contributed by atoms with E-state index in [4.69, 9.17) is 16.3 Å². The van der Waals surface area contributed by atoms with Crippen LogP contribution in [-0.2, 0) is 11.3 Å². The third-order valence-corrected chi connectivity index (χ3v) is 4.54. The molecule has 8 heteroatoms. The molecule has 0 unspecified atom stereocenters. The number of hydrogen-bond donors (Lipinski definition) is 0. The topological polar surface area (TPSA) is 60.2 Å². The third-order valence-electron chi connectivity index (χ3n) is 4.25. The van der Waals surface area contributed by atoms with E-state index in [0.717, 1.165) is 12.8 Å². The number of hydrogen-bond acceptors (Lipinski definition) is 4. The molecule has 0 radical (unpaired) electrons. The fourth-order valence-corrected chi connectivity index (χ4v) is 3.12. The molecule has 1 amide bonds. The van der Waals surface area contributed by atoms with Crippen LogP contribution in [0.1, 0.15) is 33.6 Å². The molecule has 25 heavy (non-hydrogen) atoms. The predicted molar refractivity (Wildman–Crippen MR) is 93.0 cm³/mol. The van der Waals surface area contributed by atoms with Crippen molar-refractivity contribution in [3.05, 3.63) is 23.0 Å². The fraction of sp³-hybridized carbons (Fsp3) is 0.588. The van der Waals surface area contributed by atoms with Gasteiger partial charge in [-0.05, 0) is 45.6 Å². The van der Waals surface area contributed by atoms with Crippen molar-refractivity contribution in [1.29, 1.82) is 0 Å². The number of carbonyl (C=O) groups excluding carboxylic acids is 1. The van der Waals surface area contributed by atoms with Crippen molar-refractivity contribution in [1.82, 2.24) is 19.9 Å². The first-order valence-corrected chi connectivity index (χ1v) is 8.77. The van der Waals surface area contributed by atoms with Crippen LogP contribution in [-0.4, -0.2) is 44.7 Å². The number of benzene rings is 1. The molecule has 2 aromatic rings. The Balaban J connectivity index is 1.61. The lowest BCUT2D eigenvalue weighted by atomic mass is 9.97. The lowest BCUT2D eigenvalue weighted by Gasteiger charge is -2.33. The molecule has 0 aliphatic carbocycles. The van der Waals surface area contributed by atoms with Gasteiger partial charge >= 0.3 is 6.09 Å². The first-order chi connectivity index (χ1) is 11.7. The Morgan fingerprint density at radius 2 is 2.04 bits per heavy atom. The van der Waals surface area contributed by atoms with Crippen molar-refractivity contribution < 1.29 is 13.9 Å². The first kappa shape index (κ1) is 17.9.